The van der Waals surface area contributed by atoms with Crippen molar-refractivity contribution in [3.63, 3.8) is 0 Å². The number of anilines is 1. The first-order valence-corrected chi connectivity index (χ1v) is 4.71. The van der Waals surface area contributed by atoms with E-state index in [0.717, 1.165) is 0 Å². The highest BCUT2D eigenvalue weighted by Gasteiger charge is 2.09. The van der Waals surface area contributed by atoms with Crippen molar-refractivity contribution in [1.82, 2.24) is 4.98 Å². The minimum absolute atomic E-state index is 0.0295. The van der Waals surface area contributed by atoms with Crippen molar-refractivity contribution < 1.29 is 4.39 Å². The summed E-state index contributed by atoms with van der Waals surface area (Å²) in [5, 5.41) is 0.0295. The molecular weight excluding hydrogens is 215 g/mol. The van der Waals surface area contributed by atoms with Crippen molar-refractivity contribution in [1.29, 1.82) is 0 Å². The Bertz CT molecular complexity index is 485. The number of hydrogen-bond acceptors (Lipinski definition) is 2. The predicted octanol–water partition coefficient (Wildman–Crippen LogP) is 3.12. The molecule has 76 valence electrons. The van der Waals surface area contributed by atoms with Gasteiger partial charge in [-0.1, -0.05) is 11.6 Å². The van der Waals surface area contributed by atoms with Crippen molar-refractivity contribution in [2.24, 2.45) is 0 Å². The maximum Gasteiger partial charge on any atom is 0.149 e. The van der Waals surface area contributed by atoms with Gasteiger partial charge < -0.3 is 5.73 Å². The van der Waals surface area contributed by atoms with E-state index in [0.29, 0.717) is 16.8 Å². The Balaban J connectivity index is 2.63. The molecule has 15 heavy (non-hydrogen) atoms. The van der Waals surface area contributed by atoms with Gasteiger partial charge in [0.1, 0.15) is 5.82 Å². The van der Waals surface area contributed by atoms with E-state index in [2.05, 4.69) is 4.98 Å². The second-order valence-corrected chi connectivity index (χ2v) is 3.51. The SMILES string of the molecule is Nc1cc(Cl)c(F)c(-c2ccncc2)c1. The van der Waals surface area contributed by atoms with E-state index in [1.54, 1.807) is 30.6 Å². The molecule has 0 atom stereocenters. The summed E-state index contributed by atoms with van der Waals surface area (Å²) < 4.78 is 13.7. The largest absolute Gasteiger partial charge is 0.399 e. The van der Waals surface area contributed by atoms with Gasteiger partial charge in [-0.05, 0) is 29.8 Å². The van der Waals surface area contributed by atoms with Crippen molar-refractivity contribution in [3.05, 3.63) is 47.5 Å². The molecule has 2 nitrogen and oxygen atoms in total. The molecular formula is C11H8ClFN2. The topological polar surface area (TPSA) is 38.9 Å². The fraction of sp³-hybridized carbons (Fsp3) is 0. The lowest BCUT2D eigenvalue weighted by Crippen LogP contribution is -1.91. The molecule has 2 aromatic rings. The monoisotopic (exact) mass is 222 g/mol. The van der Waals surface area contributed by atoms with Crippen LogP contribution in [0.15, 0.2) is 36.7 Å². The quantitative estimate of drug-likeness (QED) is 0.753. The Hall–Kier alpha value is -1.61. The fourth-order valence-corrected chi connectivity index (χ4v) is 1.58. The normalized spacial score (nSPS) is 10.3. The van der Waals surface area contributed by atoms with Gasteiger partial charge in [0.2, 0.25) is 0 Å². The summed E-state index contributed by atoms with van der Waals surface area (Å²) in [7, 11) is 0. The number of benzene rings is 1. The van der Waals surface area contributed by atoms with Crippen LogP contribution in [0.1, 0.15) is 0 Å². The minimum Gasteiger partial charge on any atom is -0.399 e. The average Bonchev–Trinajstić information content (AvgIpc) is 2.24. The molecule has 1 heterocycles. The molecule has 0 unspecified atom stereocenters. The van der Waals surface area contributed by atoms with Gasteiger partial charge in [0.25, 0.3) is 0 Å². The highest BCUT2D eigenvalue weighted by atomic mass is 35.5. The number of hydrogen-bond donors (Lipinski definition) is 1. The number of halogens is 2. The lowest BCUT2D eigenvalue weighted by molar-refractivity contribution is 0.632. The van der Waals surface area contributed by atoms with Gasteiger partial charge >= 0.3 is 0 Å². The van der Waals surface area contributed by atoms with Gasteiger partial charge in [-0.2, -0.15) is 0 Å². The fourth-order valence-electron chi connectivity index (χ4n) is 1.35. The van der Waals surface area contributed by atoms with Crippen LogP contribution in [0, 0.1) is 5.82 Å². The molecule has 2 N–H and O–H groups in total. The van der Waals surface area contributed by atoms with E-state index in [1.807, 2.05) is 0 Å². The Morgan fingerprint density at radius 1 is 1.20 bits per heavy atom. The Labute approximate surface area is 91.5 Å². The smallest absolute Gasteiger partial charge is 0.149 e. The Morgan fingerprint density at radius 2 is 1.87 bits per heavy atom. The summed E-state index contributed by atoms with van der Waals surface area (Å²) in [5.74, 6) is -0.461. The number of rotatable bonds is 1. The summed E-state index contributed by atoms with van der Waals surface area (Å²) in [6.45, 7) is 0. The molecule has 0 radical (unpaired) electrons. The molecule has 0 saturated carbocycles. The zero-order valence-electron chi connectivity index (χ0n) is 7.74. The summed E-state index contributed by atoms with van der Waals surface area (Å²) in [6.07, 6.45) is 3.18. The van der Waals surface area contributed by atoms with Gasteiger partial charge in [-0.15, -0.1) is 0 Å². The zero-order valence-corrected chi connectivity index (χ0v) is 8.50. The van der Waals surface area contributed by atoms with Crippen molar-refractivity contribution in [2.45, 2.75) is 0 Å². The first kappa shape index (κ1) is 9.93. The zero-order chi connectivity index (χ0) is 10.8. The van der Waals surface area contributed by atoms with Crippen LogP contribution in [0.5, 0.6) is 0 Å². The Kier molecular flexibility index (Phi) is 2.56. The third-order valence-corrected chi connectivity index (χ3v) is 2.32. The summed E-state index contributed by atoms with van der Waals surface area (Å²) in [6, 6.07) is 6.35. The number of pyridine rings is 1. The van der Waals surface area contributed by atoms with E-state index < -0.39 is 5.82 Å². The molecule has 0 aliphatic carbocycles. The number of nitrogens with zero attached hydrogens (tertiary/aromatic N) is 1. The van der Waals surface area contributed by atoms with Crippen LogP contribution in [0.25, 0.3) is 11.1 Å². The number of aromatic nitrogens is 1. The molecule has 0 fully saturated rings. The number of nitrogen functional groups attached to an aromatic ring is 1. The standard InChI is InChI=1S/C11H8ClFN2/c12-10-6-8(14)5-9(11(10)13)7-1-3-15-4-2-7/h1-6H,14H2. The van der Waals surface area contributed by atoms with Crippen LogP contribution in [-0.4, -0.2) is 4.98 Å². The lowest BCUT2D eigenvalue weighted by atomic mass is 10.1. The average molecular weight is 223 g/mol. The lowest BCUT2D eigenvalue weighted by Gasteiger charge is -2.05. The molecule has 2 rings (SSSR count). The molecule has 1 aromatic heterocycles. The van der Waals surface area contributed by atoms with Gasteiger partial charge in [0, 0.05) is 23.6 Å². The highest BCUT2D eigenvalue weighted by Crippen LogP contribution is 2.29. The van der Waals surface area contributed by atoms with Gasteiger partial charge in [-0.25, -0.2) is 4.39 Å². The van der Waals surface area contributed by atoms with E-state index in [9.17, 15) is 4.39 Å². The van der Waals surface area contributed by atoms with Crippen LogP contribution >= 0.6 is 11.6 Å². The summed E-state index contributed by atoms with van der Waals surface area (Å²) >= 11 is 5.70. The number of nitrogens with two attached hydrogens (primary N) is 1. The second-order valence-electron chi connectivity index (χ2n) is 3.10. The molecule has 0 saturated heterocycles. The van der Waals surface area contributed by atoms with Gasteiger partial charge in [-0.3, -0.25) is 4.98 Å². The molecule has 0 bridgehead atoms. The molecule has 0 aliphatic rings. The van der Waals surface area contributed by atoms with Crippen LogP contribution in [0.2, 0.25) is 5.02 Å². The molecule has 0 aliphatic heterocycles. The molecule has 0 spiro atoms. The van der Waals surface area contributed by atoms with Gasteiger partial charge in [0.15, 0.2) is 0 Å². The molecule has 4 heteroatoms. The van der Waals surface area contributed by atoms with Crippen LogP contribution in [0.3, 0.4) is 0 Å². The maximum atomic E-state index is 13.7. The molecule has 0 amide bonds. The van der Waals surface area contributed by atoms with Crippen molar-refractivity contribution >= 4 is 17.3 Å². The van der Waals surface area contributed by atoms with Crippen LogP contribution < -0.4 is 5.73 Å². The second kappa shape index (κ2) is 3.87. The minimum atomic E-state index is -0.461. The molecule has 1 aromatic carbocycles. The summed E-state index contributed by atoms with van der Waals surface area (Å²) in [4.78, 5) is 3.86. The van der Waals surface area contributed by atoms with E-state index in [4.69, 9.17) is 17.3 Å². The first-order valence-electron chi connectivity index (χ1n) is 4.33. The van der Waals surface area contributed by atoms with E-state index >= 15 is 0 Å². The predicted molar refractivity (Wildman–Crippen MR) is 59.1 cm³/mol. The van der Waals surface area contributed by atoms with Crippen molar-refractivity contribution in [2.75, 3.05) is 5.73 Å². The maximum absolute atomic E-state index is 13.7. The summed E-state index contributed by atoms with van der Waals surface area (Å²) in [5.41, 5.74) is 7.13. The van der Waals surface area contributed by atoms with Gasteiger partial charge in [0.05, 0.1) is 5.02 Å². The van der Waals surface area contributed by atoms with E-state index in [1.165, 1.54) is 6.07 Å². The van der Waals surface area contributed by atoms with Crippen LogP contribution in [-0.2, 0) is 0 Å². The highest BCUT2D eigenvalue weighted by molar-refractivity contribution is 6.31. The third-order valence-electron chi connectivity index (χ3n) is 2.04. The Morgan fingerprint density at radius 3 is 2.53 bits per heavy atom. The first-order chi connectivity index (χ1) is 7.18. The van der Waals surface area contributed by atoms with E-state index in [-0.39, 0.29) is 5.02 Å². The third kappa shape index (κ3) is 1.92. The van der Waals surface area contributed by atoms with Crippen LogP contribution in [0.4, 0.5) is 10.1 Å². The van der Waals surface area contributed by atoms with Crippen molar-refractivity contribution in [3.8, 4) is 11.1 Å².